The van der Waals surface area contributed by atoms with Crippen LogP contribution in [0.2, 0.25) is 0 Å². The van der Waals surface area contributed by atoms with Gasteiger partial charge in [-0.05, 0) is 44.4 Å². The number of carbonyl (C=O) groups is 1. The van der Waals surface area contributed by atoms with E-state index in [4.69, 9.17) is 9.02 Å². The third kappa shape index (κ3) is 5.64. The zero-order chi connectivity index (χ0) is 22.5. The Labute approximate surface area is 184 Å². The fourth-order valence-electron chi connectivity index (χ4n) is 3.96. The van der Waals surface area contributed by atoms with Crippen molar-refractivity contribution in [3.63, 3.8) is 0 Å². The van der Waals surface area contributed by atoms with Crippen LogP contribution in [0, 0.1) is 6.92 Å². The number of rotatable bonds is 7. The molecule has 1 saturated heterocycles. The molecule has 1 heterocycles. The quantitative estimate of drug-likeness (QED) is 0.645. The molecule has 0 bridgehead atoms. The van der Waals surface area contributed by atoms with Gasteiger partial charge in [-0.2, -0.15) is 17.8 Å². The van der Waals surface area contributed by atoms with Crippen molar-refractivity contribution >= 4 is 16.2 Å². The lowest BCUT2D eigenvalue weighted by atomic mass is 9.72. The smallest absolute Gasteiger partial charge is 0.409 e. The van der Waals surface area contributed by atoms with Crippen molar-refractivity contribution in [3.8, 4) is 0 Å². The molecule has 0 radical (unpaired) electrons. The van der Waals surface area contributed by atoms with Gasteiger partial charge < -0.3 is 9.64 Å². The molecule has 0 saturated carbocycles. The van der Waals surface area contributed by atoms with E-state index in [9.17, 15) is 13.2 Å². The van der Waals surface area contributed by atoms with E-state index in [0.29, 0.717) is 39.1 Å². The molecule has 8 heteroatoms. The molecule has 2 aromatic carbocycles. The average molecular weight is 447 g/mol. The molecule has 1 amide bonds. The SMILES string of the molecule is CCOC(=O)N(C)CC1(c2ccccc2)CCN(OS(=O)(=O)c2ccc(C)cc2)CC1. The summed E-state index contributed by atoms with van der Waals surface area (Å²) in [5.74, 6) is 0. The van der Waals surface area contributed by atoms with E-state index in [1.165, 1.54) is 5.06 Å². The molecule has 0 spiro atoms. The number of hydrogen-bond acceptors (Lipinski definition) is 6. The molecule has 1 aliphatic rings. The van der Waals surface area contributed by atoms with Crippen molar-refractivity contribution in [1.82, 2.24) is 9.96 Å². The van der Waals surface area contributed by atoms with Crippen LogP contribution in [0.1, 0.15) is 30.9 Å². The summed E-state index contributed by atoms with van der Waals surface area (Å²) in [4.78, 5) is 13.9. The third-order valence-corrected chi connectivity index (χ3v) is 6.95. The molecule has 3 rings (SSSR count). The van der Waals surface area contributed by atoms with Crippen molar-refractivity contribution in [2.75, 3.05) is 33.3 Å². The monoisotopic (exact) mass is 446 g/mol. The van der Waals surface area contributed by atoms with Gasteiger partial charge in [-0.15, -0.1) is 0 Å². The summed E-state index contributed by atoms with van der Waals surface area (Å²) in [6, 6.07) is 16.6. The van der Waals surface area contributed by atoms with Crippen molar-refractivity contribution in [2.24, 2.45) is 0 Å². The summed E-state index contributed by atoms with van der Waals surface area (Å²) in [6.45, 7) is 5.34. The summed E-state index contributed by atoms with van der Waals surface area (Å²) in [5, 5.41) is 1.50. The van der Waals surface area contributed by atoms with Crippen LogP contribution in [-0.4, -0.2) is 57.8 Å². The highest BCUT2D eigenvalue weighted by atomic mass is 32.2. The van der Waals surface area contributed by atoms with Gasteiger partial charge >= 0.3 is 16.2 Å². The van der Waals surface area contributed by atoms with Crippen LogP contribution in [0.25, 0.3) is 0 Å². The second kappa shape index (κ2) is 9.80. The minimum atomic E-state index is -3.88. The Kier molecular flexibility index (Phi) is 7.35. The Morgan fingerprint density at radius 3 is 2.26 bits per heavy atom. The highest BCUT2D eigenvalue weighted by molar-refractivity contribution is 7.86. The van der Waals surface area contributed by atoms with Gasteiger partial charge in [0.1, 0.15) is 0 Å². The van der Waals surface area contributed by atoms with E-state index in [2.05, 4.69) is 12.1 Å². The average Bonchev–Trinajstić information content (AvgIpc) is 2.76. The van der Waals surface area contributed by atoms with Gasteiger partial charge in [-0.25, -0.2) is 4.79 Å². The molecule has 1 fully saturated rings. The van der Waals surface area contributed by atoms with Crippen LogP contribution in [0.4, 0.5) is 4.79 Å². The molecule has 0 aliphatic carbocycles. The van der Waals surface area contributed by atoms with E-state index in [0.717, 1.165) is 11.1 Å². The molecule has 7 nitrogen and oxygen atoms in total. The number of carbonyl (C=O) groups excluding carboxylic acids is 1. The number of ether oxygens (including phenoxy) is 1. The van der Waals surface area contributed by atoms with Crippen molar-refractivity contribution in [2.45, 2.75) is 37.0 Å². The third-order valence-electron chi connectivity index (χ3n) is 5.70. The summed E-state index contributed by atoms with van der Waals surface area (Å²) in [5.41, 5.74) is 1.79. The van der Waals surface area contributed by atoms with Crippen LogP contribution in [-0.2, 0) is 24.6 Å². The van der Waals surface area contributed by atoms with E-state index in [1.54, 1.807) is 43.1 Å². The lowest BCUT2D eigenvalue weighted by molar-refractivity contribution is -0.0827. The number of hydrogen-bond donors (Lipinski definition) is 0. The number of piperidine rings is 1. The lowest BCUT2D eigenvalue weighted by Crippen LogP contribution is -2.49. The number of nitrogens with zero attached hydrogens (tertiary/aromatic N) is 2. The Hall–Kier alpha value is -2.42. The minimum absolute atomic E-state index is 0.139. The standard InChI is InChI=1S/C23H30N2O5S/c1-4-29-22(26)24(3)18-23(20-8-6-5-7-9-20)14-16-25(17-15-23)30-31(27,28)21-12-10-19(2)11-13-21/h5-13H,4,14-18H2,1-3H3. The van der Waals surface area contributed by atoms with E-state index in [1.807, 2.05) is 25.1 Å². The van der Waals surface area contributed by atoms with Gasteiger partial charge in [0.05, 0.1) is 11.5 Å². The Bertz CT molecular complexity index is 969. The highest BCUT2D eigenvalue weighted by Gasteiger charge is 2.39. The summed E-state index contributed by atoms with van der Waals surface area (Å²) in [6.07, 6.45) is 0.924. The molecule has 0 atom stereocenters. The maximum absolute atomic E-state index is 12.6. The van der Waals surface area contributed by atoms with Crippen LogP contribution in [0.3, 0.4) is 0 Å². The maximum atomic E-state index is 12.6. The van der Waals surface area contributed by atoms with Crippen LogP contribution >= 0.6 is 0 Å². The number of aryl methyl sites for hydroxylation is 1. The van der Waals surface area contributed by atoms with Gasteiger partial charge in [0.15, 0.2) is 0 Å². The zero-order valence-electron chi connectivity index (χ0n) is 18.3. The molecular weight excluding hydrogens is 416 g/mol. The first-order valence-corrected chi connectivity index (χ1v) is 11.9. The topological polar surface area (TPSA) is 76.2 Å². The molecule has 1 aliphatic heterocycles. The van der Waals surface area contributed by atoms with E-state index < -0.39 is 10.1 Å². The fraction of sp³-hybridized carbons (Fsp3) is 0.435. The fourth-order valence-corrected chi connectivity index (χ4v) is 4.94. The first-order chi connectivity index (χ1) is 14.8. The zero-order valence-corrected chi connectivity index (χ0v) is 19.1. The molecular formula is C23H30N2O5S. The van der Waals surface area contributed by atoms with Crippen LogP contribution < -0.4 is 0 Å². The number of amides is 1. The van der Waals surface area contributed by atoms with Crippen molar-refractivity contribution in [3.05, 3.63) is 65.7 Å². The van der Waals surface area contributed by atoms with Crippen LogP contribution in [0.5, 0.6) is 0 Å². The van der Waals surface area contributed by atoms with Gasteiger partial charge in [0.25, 0.3) is 0 Å². The van der Waals surface area contributed by atoms with E-state index >= 15 is 0 Å². The molecule has 0 aromatic heterocycles. The maximum Gasteiger partial charge on any atom is 0.409 e. The Morgan fingerprint density at radius 1 is 1.06 bits per heavy atom. The summed E-state index contributed by atoms with van der Waals surface area (Å²) in [7, 11) is -2.15. The molecule has 0 unspecified atom stereocenters. The highest BCUT2D eigenvalue weighted by Crippen LogP contribution is 2.37. The second-order valence-corrected chi connectivity index (χ2v) is 9.50. The predicted octanol–water partition coefficient (Wildman–Crippen LogP) is 3.74. The molecule has 0 N–H and O–H groups in total. The van der Waals surface area contributed by atoms with Gasteiger partial charge in [-0.3, -0.25) is 0 Å². The first-order valence-electron chi connectivity index (χ1n) is 10.5. The summed E-state index contributed by atoms with van der Waals surface area (Å²) >= 11 is 0. The molecule has 168 valence electrons. The van der Waals surface area contributed by atoms with Gasteiger partial charge in [-0.1, -0.05) is 48.0 Å². The number of hydroxylamine groups is 2. The predicted molar refractivity (Wildman–Crippen MR) is 118 cm³/mol. The van der Waals surface area contributed by atoms with Crippen LogP contribution in [0.15, 0.2) is 59.5 Å². The first kappa shape index (κ1) is 23.2. The Balaban J connectivity index is 1.74. The second-order valence-electron chi connectivity index (χ2n) is 7.97. The van der Waals surface area contributed by atoms with Crippen molar-refractivity contribution < 1.29 is 22.2 Å². The number of likely N-dealkylation sites (N-methyl/N-ethyl adjacent to an activating group) is 1. The molecule has 2 aromatic rings. The normalized spacial score (nSPS) is 16.6. The number of benzene rings is 2. The largest absolute Gasteiger partial charge is 0.450 e. The van der Waals surface area contributed by atoms with Gasteiger partial charge in [0, 0.05) is 32.1 Å². The minimum Gasteiger partial charge on any atom is -0.450 e. The van der Waals surface area contributed by atoms with Gasteiger partial charge in [0.2, 0.25) is 0 Å². The lowest BCUT2D eigenvalue weighted by Gasteiger charge is -2.43. The summed E-state index contributed by atoms with van der Waals surface area (Å²) < 4.78 is 35.9. The van der Waals surface area contributed by atoms with Crippen molar-refractivity contribution in [1.29, 1.82) is 0 Å². The molecule has 31 heavy (non-hydrogen) atoms. The van der Waals surface area contributed by atoms with E-state index in [-0.39, 0.29) is 16.4 Å². The Morgan fingerprint density at radius 2 is 1.68 bits per heavy atom.